The van der Waals surface area contributed by atoms with Gasteiger partial charge in [-0.3, -0.25) is 0 Å². The molecule has 0 spiro atoms. The van der Waals surface area contributed by atoms with Crippen molar-refractivity contribution in [1.29, 1.82) is 0 Å². The van der Waals surface area contributed by atoms with Gasteiger partial charge in [0.15, 0.2) is 0 Å². The number of hydrogen-bond acceptors (Lipinski definition) is 4. The van der Waals surface area contributed by atoms with Gasteiger partial charge in [-0.25, -0.2) is 9.37 Å². The summed E-state index contributed by atoms with van der Waals surface area (Å²) in [6, 6.07) is 6.30. The lowest BCUT2D eigenvalue weighted by Crippen LogP contribution is -2.24. The SMILES string of the molecule is Cc1nc(CCNCC(O)c2ccccc2F)cs1. The Labute approximate surface area is 116 Å². The van der Waals surface area contributed by atoms with Crippen molar-refractivity contribution in [2.45, 2.75) is 19.4 Å². The van der Waals surface area contributed by atoms with Crippen LogP contribution in [0.5, 0.6) is 0 Å². The van der Waals surface area contributed by atoms with Crippen molar-refractivity contribution in [3.8, 4) is 0 Å². The maximum atomic E-state index is 13.4. The van der Waals surface area contributed by atoms with Gasteiger partial charge < -0.3 is 10.4 Å². The first-order chi connectivity index (χ1) is 9.16. The molecule has 1 unspecified atom stereocenters. The second kappa shape index (κ2) is 6.75. The minimum Gasteiger partial charge on any atom is -0.387 e. The number of hydrogen-bond donors (Lipinski definition) is 2. The molecule has 0 aliphatic rings. The maximum Gasteiger partial charge on any atom is 0.129 e. The Morgan fingerprint density at radius 1 is 1.42 bits per heavy atom. The molecular formula is C14H17FN2OS. The summed E-state index contributed by atoms with van der Waals surface area (Å²) in [6.45, 7) is 3.03. The summed E-state index contributed by atoms with van der Waals surface area (Å²) in [4.78, 5) is 4.36. The van der Waals surface area contributed by atoms with Crippen LogP contribution < -0.4 is 5.32 Å². The second-order valence-corrected chi connectivity index (χ2v) is 5.41. The number of rotatable bonds is 6. The van der Waals surface area contributed by atoms with Gasteiger partial charge in [-0.1, -0.05) is 18.2 Å². The van der Waals surface area contributed by atoms with E-state index in [4.69, 9.17) is 0 Å². The number of nitrogens with one attached hydrogen (secondary N) is 1. The molecule has 19 heavy (non-hydrogen) atoms. The maximum absolute atomic E-state index is 13.4. The van der Waals surface area contributed by atoms with Crippen molar-refractivity contribution in [2.24, 2.45) is 0 Å². The molecule has 1 aromatic carbocycles. The van der Waals surface area contributed by atoms with Gasteiger partial charge >= 0.3 is 0 Å². The molecule has 0 saturated carbocycles. The lowest BCUT2D eigenvalue weighted by atomic mass is 10.1. The van der Waals surface area contributed by atoms with E-state index >= 15 is 0 Å². The van der Waals surface area contributed by atoms with E-state index in [0.717, 1.165) is 17.1 Å². The number of aryl methyl sites for hydroxylation is 1. The van der Waals surface area contributed by atoms with Gasteiger partial charge in [0.25, 0.3) is 0 Å². The largest absolute Gasteiger partial charge is 0.387 e. The van der Waals surface area contributed by atoms with Crippen molar-refractivity contribution < 1.29 is 9.50 Å². The molecule has 2 aromatic rings. The van der Waals surface area contributed by atoms with Crippen molar-refractivity contribution in [1.82, 2.24) is 10.3 Å². The number of halogens is 1. The lowest BCUT2D eigenvalue weighted by molar-refractivity contribution is 0.170. The standard InChI is InChI=1S/C14H17FN2OS/c1-10-17-11(9-19-10)6-7-16-8-14(18)12-4-2-3-5-13(12)15/h2-5,9,14,16,18H,6-8H2,1H3. The third-order valence-corrected chi connectivity index (χ3v) is 3.65. The van der Waals surface area contributed by atoms with E-state index < -0.39 is 6.10 Å². The number of aromatic nitrogens is 1. The summed E-state index contributed by atoms with van der Waals surface area (Å²) in [5, 5.41) is 16.1. The first-order valence-corrected chi connectivity index (χ1v) is 7.09. The summed E-state index contributed by atoms with van der Waals surface area (Å²) in [5.41, 5.74) is 1.38. The van der Waals surface area contributed by atoms with Crippen LogP contribution in [0.25, 0.3) is 0 Å². The van der Waals surface area contributed by atoms with Crippen molar-refractivity contribution in [2.75, 3.05) is 13.1 Å². The zero-order valence-electron chi connectivity index (χ0n) is 10.8. The summed E-state index contributed by atoms with van der Waals surface area (Å²) < 4.78 is 13.4. The Balaban J connectivity index is 1.75. The third-order valence-electron chi connectivity index (χ3n) is 2.83. The quantitative estimate of drug-likeness (QED) is 0.799. The van der Waals surface area contributed by atoms with E-state index in [1.54, 1.807) is 29.5 Å². The van der Waals surface area contributed by atoms with Crippen molar-refractivity contribution in [3.63, 3.8) is 0 Å². The smallest absolute Gasteiger partial charge is 0.129 e. The molecule has 1 aromatic heterocycles. The summed E-state index contributed by atoms with van der Waals surface area (Å²) >= 11 is 1.63. The predicted octanol–water partition coefficient (Wildman–Crippen LogP) is 2.46. The van der Waals surface area contributed by atoms with Gasteiger partial charge in [0.05, 0.1) is 16.8 Å². The van der Waals surface area contributed by atoms with Crippen LogP contribution in [0.15, 0.2) is 29.6 Å². The highest BCUT2D eigenvalue weighted by Crippen LogP contribution is 2.15. The molecule has 1 atom stereocenters. The molecule has 0 radical (unpaired) electrons. The van der Waals surface area contributed by atoms with Gasteiger partial charge in [-0.05, 0) is 13.0 Å². The molecule has 0 aliphatic carbocycles. The van der Waals surface area contributed by atoms with Gasteiger partial charge in [-0.2, -0.15) is 0 Å². The number of thiazole rings is 1. The first kappa shape index (κ1) is 14.1. The molecule has 0 aliphatic heterocycles. The van der Waals surface area contributed by atoms with Gasteiger partial charge in [0.2, 0.25) is 0 Å². The summed E-state index contributed by atoms with van der Waals surface area (Å²) in [5.74, 6) is -0.369. The summed E-state index contributed by atoms with van der Waals surface area (Å²) in [6.07, 6.45) is -0.00713. The van der Waals surface area contributed by atoms with Gasteiger partial charge in [-0.15, -0.1) is 11.3 Å². The monoisotopic (exact) mass is 280 g/mol. The highest BCUT2D eigenvalue weighted by molar-refractivity contribution is 7.09. The average molecular weight is 280 g/mol. The van der Waals surface area contributed by atoms with E-state index in [1.165, 1.54) is 6.07 Å². The first-order valence-electron chi connectivity index (χ1n) is 6.21. The molecule has 0 saturated heterocycles. The van der Waals surface area contributed by atoms with Crippen LogP contribution in [0.1, 0.15) is 22.4 Å². The van der Waals surface area contributed by atoms with Crippen LogP contribution in [0.2, 0.25) is 0 Å². The van der Waals surface area contributed by atoms with E-state index in [2.05, 4.69) is 10.3 Å². The summed E-state index contributed by atoms with van der Waals surface area (Å²) in [7, 11) is 0. The van der Waals surface area contributed by atoms with Crippen LogP contribution in [-0.2, 0) is 6.42 Å². The van der Waals surface area contributed by atoms with Crippen LogP contribution in [-0.4, -0.2) is 23.2 Å². The topological polar surface area (TPSA) is 45.2 Å². The minimum atomic E-state index is -0.821. The molecular weight excluding hydrogens is 263 g/mol. The molecule has 2 rings (SSSR count). The number of aliphatic hydroxyl groups is 1. The highest BCUT2D eigenvalue weighted by Gasteiger charge is 2.11. The molecule has 102 valence electrons. The zero-order valence-corrected chi connectivity index (χ0v) is 11.6. The fraction of sp³-hybridized carbons (Fsp3) is 0.357. The normalized spacial score (nSPS) is 12.6. The van der Waals surface area contributed by atoms with E-state index in [1.807, 2.05) is 12.3 Å². The van der Waals surface area contributed by atoms with Gasteiger partial charge in [0, 0.05) is 30.5 Å². The molecule has 2 N–H and O–H groups in total. The van der Waals surface area contributed by atoms with Crippen molar-refractivity contribution >= 4 is 11.3 Å². The Morgan fingerprint density at radius 2 is 2.21 bits per heavy atom. The predicted molar refractivity (Wildman–Crippen MR) is 74.8 cm³/mol. The lowest BCUT2D eigenvalue weighted by Gasteiger charge is -2.12. The second-order valence-electron chi connectivity index (χ2n) is 4.35. The van der Waals surface area contributed by atoms with Crippen LogP contribution in [0, 0.1) is 12.7 Å². The van der Waals surface area contributed by atoms with Crippen LogP contribution in [0.3, 0.4) is 0 Å². The molecule has 0 bridgehead atoms. The minimum absolute atomic E-state index is 0.333. The molecule has 5 heteroatoms. The number of benzene rings is 1. The fourth-order valence-corrected chi connectivity index (χ4v) is 2.48. The zero-order chi connectivity index (χ0) is 13.7. The Hall–Kier alpha value is -1.30. The molecule has 1 heterocycles. The molecule has 0 amide bonds. The molecule has 0 fully saturated rings. The fourth-order valence-electron chi connectivity index (χ4n) is 1.83. The Bertz CT molecular complexity index is 530. The molecule has 3 nitrogen and oxygen atoms in total. The van der Waals surface area contributed by atoms with E-state index in [9.17, 15) is 9.50 Å². The van der Waals surface area contributed by atoms with Crippen molar-refractivity contribution in [3.05, 3.63) is 51.7 Å². The number of aliphatic hydroxyl groups excluding tert-OH is 1. The Morgan fingerprint density at radius 3 is 2.89 bits per heavy atom. The van der Waals surface area contributed by atoms with E-state index in [-0.39, 0.29) is 5.82 Å². The van der Waals surface area contributed by atoms with E-state index in [0.29, 0.717) is 18.7 Å². The van der Waals surface area contributed by atoms with Gasteiger partial charge in [0.1, 0.15) is 5.82 Å². The Kier molecular flexibility index (Phi) is 5.01. The average Bonchev–Trinajstić information content (AvgIpc) is 2.81. The van der Waals surface area contributed by atoms with Crippen LogP contribution in [0.4, 0.5) is 4.39 Å². The third kappa shape index (κ3) is 4.09. The van der Waals surface area contributed by atoms with Crippen LogP contribution >= 0.6 is 11.3 Å². The highest BCUT2D eigenvalue weighted by atomic mass is 32.1. The number of nitrogens with zero attached hydrogens (tertiary/aromatic N) is 1.